The molecule has 0 nitrogen and oxygen atoms in total. The second-order valence-corrected chi connectivity index (χ2v) is 8.78. The minimum atomic E-state index is -0.298. The van der Waals surface area contributed by atoms with Gasteiger partial charge in [0.1, 0.15) is 0 Å². The van der Waals surface area contributed by atoms with Gasteiger partial charge < -0.3 is 0 Å². The van der Waals surface area contributed by atoms with Crippen LogP contribution in [0.2, 0.25) is 12.1 Å². The maximum atomic E-state index is 2.44. The van der Waals surface area contributed by atoms with Gasteiger partial charge in [0.15, 0.2) is 0 Å². The van der Waals surface area contributed by atoms with Gasteiger partial charge in [0.2, 0.25) is 0 Å². The summed E-state index contributed by atoms with van der Waals surface area (Å²) in [5, 5.41) is 2.79. The molecule has 0 bridgehead atoms. The summed E-state index contributed by atoms with van der Waals surface area (Å²) in [6, 6.07) is 16.2. The standard InChI is InChI=1S/C18H21Si/c1-4-19(5-2)18-13(3)12-17-15-9-7-6-8-14(15)10-11-16(17)18/h6-12,18H,4-5H2,1-3H3. The molecule has 1 unspecified atom stereocenters. The molecule has 1 aliphatic carbocycles. The Balaban J connectivity index is 2.19. The lowest BCUT2D eigenvalue weighted by molar-refractivity contribution is 1.06. The highest BCUT2D eigenvalue weighted by Gasteiger charge is 2.29. The molecule has 0 amide bonds. The molecule has 2 aromatic rings. The first kappa shape index (κ1) is 12.7. The van der Waals surface area contributed by atoms with Gasteiger partial charge >= 0.3 is 0 Å². The van der Waals surface area contributed by atoms with E-state index in [-0.39, 0.29) is 8.80 Å². The first-order valence-electron chi connectivity index (χ1n) is 7.30. The molecule has 0 aliphatic heterocycles. The van der Waals surface area contributed by atoms with Crippen LogP contribution < -0.4 is 0 Å². The molecule has 0 saturated heterocycles. The number of allylic oxidation sites excluding steroid dienone is 1. The summed E-state index contributed by atoms with van der Waals surface area (Å²) in [4.78, 5) is 0. The molecule has 2 aromatic carbocycles. The molecular formula is C18H21Si. The van der Waals surface area contributed by atoms with Crippen molar-refractivity contribution >= 4 is 25.6 Å². The third-order valence-electron chi connectivity index (χ3n) is 4.46. The summed E-state index contributed by atoms with van der Waals surface area (Å²) >= 11 is 0. The summed E-state index contributed by atoms with van der Waals surface area (Å²) in [6.45, 7) is 7.06. The molecule has 0 spiro atoms. The molecular weight excluding hydrogens is 244 g/mol. The molecule has 0 heterocycles. The predicted molar refractivity (Wildman–Crippen MR) is 87.1 cm³/mol. The zero-order valence-electron chi connectivity index (χ0n) is 12.0. The minimum Gasteiger partial charge on any atom is -0.0682 e. The van der Waals surface area contributed by atoms with Crippen LogP contribution in [0.3, 0.4) is 0 Å². The Kier molecular flexibility index (Phi) is 3.32. The van der Waals surface area contributed by atoms with Gasteiger partial charge in [-0.3, -0.25) is 0 Å². The number of hydrogen-bond acceptors (Lipinski definition) is 0. The van der Waals surface area contributed by atoms with Crippen molar-refractivity contribution in [3.63, 3.8) is 0 Å². The Hall–Kier alpha value is -1.34. The smallest absolute Gasteiger partial charge is 0.0611 e. The largest absolute Gasteiger partial charge is 0.0682 e. The first-order valence-corrected chi connectivity index (χ1v) is 9.29. The molecule has 0 saturated carbocycles. The normalized spacial score (nSPS) is 17.9. The highest BCUT2D eigenvalue weighted by Crippen LogP contribution is 2.42. The summed E-state index contributed by atoms with van der Waals surface area (Å²) < 4.78 is 0. The quantitative estimate of drug-likeness (QED) is 0.651. The Bertz CT molecular complexity index is 635. The fourth-order valence-electron chi connectivity index (χ4n) is 3.48. The van der Waals surface area contributed by atoms with Gasteiger partial charge in [0.25, 0.3) is 0 Å². The van der Waals surface area contributed by atoms with Gasteiger partial charge in [0, 0.05) is 0 Å². The molecule has 0 fully saturated rings. The van der Waals surface area contributed by atoms with Crippen molar-refractivity contribution in [1.82, 2.24) is 0 Å². The SMILES string of the molecule is CC[Si](CC)C1C(C)=Cc2c1ccc1ccccc21. The van der Waals surface area contributed by atoms with E-state index in [1.807, 2.05) is 0 Å². The van der Waals surface area contributed by atoms with Crippen LogP contribution in [0.1, 0.15) is 37.4 Å². The molecule has 0 aromatic heterocycles. The van der Waals surface area contributed by atoms with Crippen LogP contribution in [0.5, 0.6) is 0 Å². The van der Waals surface area contributed by atoms with Gasteiger partial charge in [-0.1, -0.05) is 74.0 Å². The third kappa shape index (κ3) is 1.97. The van der Waals surface area contributed by atoms with Gasteiger partial charge in [-0.05, 0) is 34.4 Å². The molecule has 1 atom stereocenters. The number of fused-ring (bicyclic) bond motifs is 3. The summed E-state index contributed by atoms with van der Waals surface area (Å²) in [6.07, 6.45) is 2.44. The average Bonchev–Trinajstić information content (AvgIpc) is 2.78. The first-order chi connectivity index (χ1) is 9.26. The van der Waals surface area contributed by atoms with E-state index in [0.29, 0.717) is 0 Å². The van der Waals surface area contributed by atoms with E-state index in [2.05, 4.69) is 63.2 Å². The lowest BCUT2D eigenvalue weighted by Crippen LogP contribution is -2.21. The Morgan fingerprint density at radius 1 is 1.00 bits per heavy atom. The zero-order valence-corrected chi connectivity index (χ0v) is 13.0. The van der Waals surface area contributed by atoms with Gasteiger partial charge in [-0.15, -0.1) is 0 Å². The molecule has 3 rings (SSSR count). The lowest BCUT2D eigenvalue weighted by Gasteiger charge is -2.22. The Morgan fingerprint density at radius 2 is 1.74 bits per heavy atom. The van der Waals surface area contributed by atoms with Crippen molar-refractivity contribution in [2.24, 2.45) is 0 Å². The van der Waals surface area contributed by atoms with Crippen LogP contribution in [0.15, 0.2) is 42.0 Å². The number of hydrogen-bond donors (Lipinski definition) is 0. The van der Waals surface area contributed by atoms with Crippen molar-refractivity contribution in [2.75, 3.05) is 0 Å². The molecule has 1 aliphatic rings. The molecule has 97 valence electrons. The van der Waals surface area contributed by atoms with Crippen LogP contribution >= 0.6 is 0 Å². The topological polar surface area (TPSA) is 0 Å². The second-order valence-electron chi connectivity index (χ2n) is 5.48. The van der Waals surface area contributed by atoms with Crippen LogP contribution in [0.25, 0.3) is 16.8 Å². The second kappa shape index (κ2) is 4.97. The van der Waals surface area contributed by atoms with Crippen molar-refractivity contribution in [3.8, 4) is 0 Å². The lowest BCUT2D eigenvalue weighted by atomic mass is 10.0. The maximum absolute atomic E-state index is 2.44. The maximum Gasteiger partial charge on any atom is 0.0611 e. The van der Waals surface area contributed by atoms with Crippen LogP contribution in [0, 0.1) is 0 Å². The van der Waals surface area contributed by atoms with E-state index in [9.17, 15) is 0 Å². The Morgan fingerprint density at radius 3 is 2.47 bits per heavy atom. The fraction of sp³-hybridized carbons (Fsp3) is 0.333. The molecule has 1 radical (unpaired) electrons. The van der Waals surface area contributed by atoms with Gasteiger partial charge in [-0.25, -0.2) is 0 Å². The molecule has 0 N–H and O–H groups in total. The van der Waals surface area contributed by atoms with E-state index in [1.54, 1.807) is 11.1 Å². The highest BCUT2D eigenvalue weighted by molar-refractivity contribution is 6.61. The van der Waals surface area contributed by atoms with E-state index in [0.717, 1.165) is 5.54 Å². The highest BCUT2D eigenvalue weighted by atomic mass is 28.3. The van der Waals surface area contributed by atoms with Crippen LogP contribution in [0.4, 0.5) is 0 Å². The molecule has 1 heteroatoms. The van der Waals surface area contributed by atoms with Gasteiger partial charge in [-0.2, -0.15) is 0 Å². The zero-order chi connectivity index (χ0) is 13.4. The van der Waals surface area contributed by atoms with Crippen molar-refractivity contribution in [2.45, 2.75) is 38.4 Å². The summed E-state index contributed by atoms with van der Waals surface area (Å²) in [5.74, 6) is 0. The number of rotatable bonds is 3. The van der Waals surface area contributed by atoms with Gasteiger partial charge in [0.05, 0.1) is 8.80 Å². The summed E-state index contributed by atoms with van der Waals surface area (Å²) in [7, 11) is -0.298. The number of benzene rings is 2. The van der Waals surface area contributed by atoms with E-state index < -0.39 is 0 Å². The minimum absolute atomic E-state index is 0.298. The van der Waals surface area contributed by atoms with Crippen molar-refractivity contribution < 1.29 is 0 Å². The van der Waals surface area contributed by atoms with Crippen molar-refractivity contribution in [1.29, 1.82) is 0 Å². The van der Waals surface area contributed by atoms with E-state index in [1.165, 1.54) is 28.4 Å². The van der Waals surface area contributed by atoms with E-state index >= 15 is 0 Å². The van der Waals surface area contributed by atoms with Crippen LogP contribution in [-0.2, 0) is 0 Å². The average molecular weight is 265 g/mol. The van der Waals surface area contributed by atoms with Crippen LogP contribution in [-0.4, -0.2) is 8.80 Å². The third-order valence-corrected chi connectivity index (χ3v) is 7.86. The Labute approximate surface area is 117 Å². The molecule has 19 heavy (non-hydrogen) atoms. The van der Waals surface area contributed by atoms with E-state index in [4.69, 9.17) is 0 Å². The van der Waals surface area contributed by atoms with Crippen molar-refractivity contribution in [3.05, 3.63) is 53.1 Å². The predicted octanol–water partition coefficient (Wildman–Crippen LogP) is 5.41. The fourth-order valence-corrected chi connectivity index (χ4v) is 6.22. The monoisotopic (exact) mass is 265 g/mol. The summed E-state index contributed by atoms with van der Waals surface area (Å²) in [5.41, 5.74) is 5.40.